The number of halogens is 2. The van der Waals surface area contributed by atoms with E-state index < -0.39 is 10.0 Å². The molecular weight excluding hydrogens is 380 g/mol. The van der Waals surface area contributed by atoms with Gasteiger partial charge in [0.1, 0.15) is 5.75 Å². The summed E-state index contributed by atoms with van der Waals surface area (Å²) in [7, 11) is -2.14. The van der Waals surface area contributed by atoms with Crippen molar-refractivity contribution >= 4 is 37.6 Å². The minimum Gasteiger partial charge on any atom is -0.495 e. The van der Waals surface area contributed by atoms with Gasteiger partial charge in [0, 0.05) is 23.1 Å². The summed E-state index contributed by atoms with van der Waals surface area (Å²) < 4.78 is 32.7. The lowest BCUT2D eigenvalue weighted by Gasteiger charge is -2.35. The second-order valence-corrected chi connectivity index (χ2v) is 8.29. The monoisotopic (exact) mass is 396 g/mol. The van der Waals surface area contributed by atoms with E-state index in [1.54, 1.807) is 6.07 Å². The first-order chi connectivity index (χ1) is 9.77. The van der Waals surface area contributed by atoms with E-state index in [1.165, 1.54) is 17.5 Å². The van der Waals surface area contributed by atoms with Gasteiger partial charge in [0.05, 0.1) is 17.0 Å². The normalized spacial score (nSPS) is 24.0. The van der Waals surface area contributed by atoms with Crippen LogP contribution in [-0.2, 0) is 10.0 Å². The fourth-order valence-corrected chi connectivity index (χ4v) is 5.51. The van der Waals surface area contributed by atoms with Gasteiger partial charge < -0.3 is 10.5 Å². The zero-order chi connectivity index (χ0) is 15.8. The lowest BCUT2D eigenvalue weighted by molar-refractivity contribution is 0.247. The van der Waals surface area contributed by atoms with Gasteiger partial charge in [-0.2, -0.15) is 4.31 Å². The van der Waals surface area contributed by atoms with E-state index >= 15 is 0 Å². The largest absolute Gasteiger partial charge is 0.495 e. The average molecular weight is 398 g/mol. The highest BCUT2D eigenvalue weighted by Gasteiger charge is 2.35. The first-order valence-electron chi connectivity index (χ1n) is 6.57. The number of hydrogen-bond donors (Lipinski definition) is 1. The lowest BCUT2D eigenvalue weighted by Crippen LogP contribution is -2.48. The second-order valence-electron chi connectivity index (χ2n) is 5.17. The lowest BCUT2D eigenvalue weighted by atomic mass is 10.0. The molecule has 2 rings (SSSR count). The zero-order valence-electron chi connectivity index (χ0n) is 11.8. The van der Waals surface area contributed by atoms with Crippen molar-refractivity contribution in [3.05, 3.63) is 21.6 Å². The standard InChI is InChI=1S/C13H18BrClN2O3S/c1-8-5-9(16)3-4-17(8)21(18,19)13-7-11(15)12(20-2)6-10(13)14/h6-9H,3-5,16H2,1-2H3/t8-,9-/m1/s1. The van der Waals surface area contributed by atoms with Crippen molar-refractivity contribution in [3.8, 4) is 5.75 Å². The molecule has 1 fully saturated rings. The van der Waals surface area contributed by atoms with Crippen molar-refractivity contribution in [2.45, 2.75) is 36.7 Å². The SMILES string of the molecule is COc1cc(Br)c(S(=O)(=O)N2CC[C@@H](N)C[C@H]2C)cc1Cl. The molecule has 0 unspecified atom stereocenters. The van der Waals surface area contributed by atoms with Crippen LogP contribution in [0, 0.1) is 0 Å². The molecule has 1 saturated heterocycles. The molecule has 1 aromatic carbocycles. The summed E-state index contributed by atoms with van der Waals surface area (Å²) in [6.45, 7) is 2.29. The Labute approximate surface area is 138 Å². The Balaban J connectivity index is 2.42. The van der Waals surface area contributed by atoms with Crippen LogP contribution in [0.1, 0.15) is 19.8 Å². The highest BCUT2D eigenvalue weighted by molar-refractivity contribution is 9.10. The molecule has 0 saturated carbocycles. The van der Waals surface area contributed by atoms with Crippen LogP contribution < -0.4 is 10.5 Å². The van der Waals surface area contributed by atoms with E-state index in [0.29, 0.717) is 29.6 Å². The Bertz CT molecular complexity index is 639. The number of ether oxygens (including phenoxy) is 1. The van der Waals surface area contributed by atoms with Gasteiger partial charge in [0.25, 0.3) is 0 Å². The molecule has 0 amide bonds. The van der Waals surface area contributed by atoms with Crippen molar-refractivity contribution in [1.82, 2.24) is 4.31 Å². The Morgan fingerprint density at radius 1 is 1.48 bits per heavy atom. The molecule has 1 aliphatic rings. The fraction of sp³-hybridized carbons (Fsp3) is 0.538. The number of methoxy groups -OCH3 is 1. The third-order valence-corrected chi connectivity index (χ3v) is 6.92. The van der Waals surface area contributed by atoms with Gasteiger partial charge in [-0.1, -0.05) is 11.6 Å². The third-order valence-electron chi connectivity index (χ3n) is 3.65. The molecule has 21 heavy (non-hydrogen) atoms. The summed E-state index contributed by atoms with van der Waals surface area (Å²) in [6.07, 6.45) is 1.31. The van der Waals surface area contributed by atoms with Crippen molar-refractivity contribution in [3.63, 3.8) is 0 Å². The van der Waals surface area contributed by atoms with Gasteiger partial charge in [-0.05, 0) is 47.8 Å². The summed E-state index contributed by atoms with van der Waals surface area (Å²) in [5.41, 5.74) is 5.89. The highest BCUT2D eigenvalue weighted by Crippen LogP contribution is 2.36. The maximum Gasteiger partial charge on any atom is 0.244 e. The number of nitrogens with two attached hydrogens (primary N) is 1. The first-order valence-corrected chi connectivity index (χ1v) is 9.19. The number of rotatable bonds is 3. The molecule has 2 atom stereocenters. The second kappa shape index (κ2) is 6.42. The van der Waals surface area contributed by atoms with Crippen molar-refractivity contribution in [2.24, 2.45) is 5.73 Å². The molecule has 8 heteroatoms. The highest BCUT2D eigenvalue weighted by atomic mass is 79.9. The van der Waals surface area contributed by atoms with Crippen LogP contribution in [0.2, 0.25) is 5.02 Å². The Hall–Kier alpha value is -0.340. The Morgan fingerprint density at radius 3 is 2.71 bits per heavy atom. The fourth-order valence-electron chi connectivity index (χ4n) is 2.53. The van der Waals surface area contributed by atoms with Gasteiger partial charge in [-0.15, -0.1) is 0 Å². The van der Waals surface area contributed by atoms with Gasteiger partial charge in [-0.25, -0.2) is 8.42 Å². The topological polar surface area (TPSA) is 72.6 Å². The van der Waals surface area contributed by atoms with Gasteiger partial charge in [0.15, 0.2) is 0 Å². The van der Waals surface area contributed by atoms with Gasteiger partial charge >= 0.3 is 0 Å². The smallest absolute Gasteiger partial charge is 0.244 e. The predicted octanol–water partition coefficient (Wildman–Crippen LogP) is 2.61. The molecule has 1 heterocycles. The number of benzene rings is 1. The number of sulfonamides is 1. The van der Waals surface area contributed by atoms with Crippen LogP contribution in [-0.4, -0.2) is 38.5 Å². The Morgan fingerprint density at radius 2 is 2.14 bits per heavy atom. The van der Waals surface area contributed by atoms with E-state index in [4.69, 9.17) is 22.1 Å². The van der Waals surface area contributed by atoms with Crippen molar-refractivity contribution in [1.29, 1.82) is 0 Å². The van der Waals surface area contributed by atoms with Crippen LogP contribution in [0.3, 0.4) is 0 Å². The van der Waals surface area contributed by atoms with Gasteiger partial charge in [-0.3, -0.25) is 0 Å². The quantitative estimate of drug-likeness (QED) is 0.851. The van der Waals surface area contributed by atoms with Gasteiger partial charge in [0.2, 0.25) is 10.0 Å². The molecule has 5 nitrogen and oxygen atoms in total. The van der Waals surface area contributed by atoms with E-state index in [0.717, 1.165) is 0 Å². The van der Waals surface area contributed by atoms with E-state index in [2.05, 4.69) is 15.9 Å². The zero-order valence-corrected chi connectivity index (χ0v) is 15.0. The molecule has 0 radical (unpaired) electrons. The number of piperidine rings is 1. The summed E-state index contributed by atoms with van der Waals surface area (Å²) in [5, 5.41) is 0.264. The Kier molecular flexibility index (Phi) is 5.20. The molecular formula is C13H18BrClN2O3S. The molecule has 0 bridgehead atoms. The minimum atomic E-state index is -3.62. The van der Waals surface area contributed by atoms with Crippen molar-refractivity contribution in [2.75, 3.05) is 13.7 Å². The first kappa shape index (κ1) is 17.0. The maximum atomic E-state index is 12.8. The molecule has 0 spiro atoms. The van der Waals surface area contributed by atoms with E-state index in [-0.39, 0.29) is 22.0 Å². The molecule has 0 aromatic heterocycles. The van der Waals surface area contributed by atoms with E-state index in [1.807, 2.05) is 6.92 Å². The third kappa shape index (κ3) is 3.37. The molecule has 1 aliphatic heterocycles. The summed E-state index contributed by atoms with van der Waals surface area (Å²) in [6, 6.07) is 2.90. The van der Waals surface area contributed by atoms with Crippen LogP contribution in [0.4, 0.5) is 0 Å². The molecule has 118 valence electrons. The number of hydrogen-bond acceptors (Lipinski definition) is 4. The summed E-state index contributed by atoms with van der Waals surface area (Å²) in [5.74, 6) is 0.427. The van der Waals surface area contributed by atoms with E-state index in [9.17, 15) is 8.42 Å². The average Bonchev–Trinajstić information content (AvgIpc) is 2.40. The number of nitrogens with zero attached hydrogens (tertiary/aromatic N) is 1. The van der Waals surface area contributed by atoms with Crippen LogP contribution in [0.25, 0.3) is 0 Å². The maximum absolute atomic E-state index is 12.8. The molecule has 2 N–H and O–H groups in total. The molecule has 0 aliphatic carbocycles. The van der Waals surface area contributed by atoms with Crippen molar-refractivity contribution < 1.29 is 13.2 Å². The van der Waals surface area contributed by atoms with Crippen LogP contribution >= 0.6 is 27.5 Å². The summed E-state index contributed by atoms with van der Waals surface area (Å²) in [4.78, 5) is 0.149. The predicted molar refractivity (Wildman–Crippen MR) is 86.3 cm³/mol. The summed E-state index contributed by atoms with van der Waals surface area (Å²) >= 11 is 9.34. The van der Waals surface area contributed by atoms with Crippen LogP contribution in [0.5, 0.6) is 5.75 Å². The van der Waals surface area contributed by atoms with Crippen LogP contribution in [0.15, 0.2) is 21.5 Å². The molecule has 1 aromatic rings. The minimum absolute atomic E-state index is 0.0503.